The zero-order valence-electron chi connectivity index (χ0n) is 13.9. The normalized spacial score (nSPS) is 21.2. The molecular weight excluding hydrogens is 314 g/mol. The van der Waals surface area contributed by atoms with Gasteiger partial charge < -0.3 is 10.1 Å². The lowest BCUT2D eigenvalue weighted by atomic mass is 9.99. The lowest BCUT2D eigenvalue weighted by molar-refractivity contribution is 0.0829. The van der Waals surface area contributed by atoms with Crippen molar-refractivity contribution in [3.63, 3.8) is 0 Å². The molecule has 2 aromatic rings. The Morgan fingerprint density at radius 2 is 2.30 bits per heavy atom. The molecule has 1 aliphatic heterocycles. The number of ether oxygens (including phenoxy) is 1. The van der Waals surface area contributed by atoms with Gasteiger partial charge in [0, 0.05) is 45.4 Å². The van der Waals surface area contributed by atoms with Gasteiger partial charge in [-0.1, -0.05) is 11.6 Å². The molecule has 0 spiro atoms. The monoisotopic (exact) mass is 337 g/mol. The Morgan fingerprint density at radius 3 is 3.00 bits per heavy atom. The fraction of sp³-hybridized carbons (Fsp3) is 0.625. The van der Waals surface area contributed by atoms with Crippen LogP contribution >= 0.6 is 11.6 Å². The van der Waals surface area contributed by atoms with Crippen LogP contribution in [0.5, 0.6) is 0 Å². The fourth-order valence-electron chi connectivity index (χ4n) is 3.16. The van der Waals surface area contributed by atoms with Gasteiger partial charge in [-0.3, -0.25) is 9.36 Å². The molecule has 2 atom stereocenters. The van der Waals surface area contributed by atoms with Crippen LogP contribution in [-0.2, 0) is 24.9 Å². The molecular formula is C16H24ClN5O. The third-order valence-electron chi connectivity index (χ3n) is 4.58. The van der Waals surface area contributed by atoms with Crippen LogP contribution in [0, 0.1) is 12.8 Å². The highest BCUT2D eigenvalue weighted by atomic mass is 35.5. The van der Waals surface area contributed by atoms with Crippen LogP contribution in [0.25, 0.3) is 0 Å². The number of nitrogens with zero attached hydrogens (tertiary/aromatic N) is 4. The Labute approximate surface area is 141 Å². The minimum absolute atomic E-state index is 0.117. The van der Waals surface area contributed by atoms with Crippen LogP contribution in [-0.4, -0.2) is 32.7 Å². The highest BCUT2D eigenvalue weighted by Gasteiger charge is 2.31. The maximum Gasteiger partial charge on any atom is 0.103 e. The van der Waals surface area contributed by atoms with Crippen molar-refractivity contribution in [2.24, 2.45) is 13.0 Å². The van der Waals surface area contributed by atoms with E-state index in [0.717, 1.165) is 42.5 Å². The van der Waals surface area contributed by atoms with Crippen molar-refractivity contribution in [1.82, 2.24) is 24.9 Å². The molecule has 0 amide bonds. The number of aromatic nitrogens is 4. The topological polar surface area (TPSA) is 56.9 Å². The van der Waals surface area contributed by atoms with E-state index in [2.05, 4.69) is 28.5 Å². The van der Waals surface area contributed by atoms with Crippen molar-refractivity contribution in [1.29, 1.82) is 0 Å². The molecule has 6 nitrogen and oxygen atoms in total. The standard InChI is InChI=1S/C16H24ClN5O/c1-4-22-14(5-7-19-22)16-12(6-8-23-16)9-18-10-13-15(17)11(2)21(3)20-13/h5,7,12,16,18H,4,6,8-10H2,1-3H3/t12-,16+/m0/s1. The summed E-state index contributed by atoms with van der Waals surface area (Å²) in [5.41, 5.74) is 3.07. The molecule has 2 aromatic heterocycles. The minimum atomic E-state index is 0.117. The Morgan fingerprint density at radius 1 is 1.48 bits per heavy atom. The van der Waals surface area contributed by atoms with Crippen molar-refractivity contribution < 1.29 is 4.74 Å². The summed E-state index contributed by atoms with van der Waals surface area (Å²) >= 11 is 6.30. The van der Waals surface area contributed by atoms with E-state index < -0.39 is 0 Å². The van der Waals surface area contributed by atoms with Crippen LogP contribution < -0.4 is 5.32 Å². The minimum Gasteiger partial charge on any atom is -0.372 e. The molecule has 3 heterocycles. The zero-order chi connectivity index (χ0) is 16.4. The van der Waals surface area contributed by atoms with E-state index in [4.69, 9.17) is 16.3 Å². The van der Waals surface area contributed by atoms with E-state index in [9.17, 15) is 0 Å². The quantitative estimate of drug-likeness (QED) is 0.879. The molecule has 1 saturated heterocycles. The lowest BCUT2D eigenvalue weighted by Gasteiger charge is -2.19. The first kappa shape index (κ1) is 16.5. The van der Waals surface area contributed by atoms with Crippen LogP contribution in [0.2, 0.25) is 5.02 Å². The molecule has 1 N–H and O–H groups in total. The SMILES string of the molecule is CCn1nccc1[C@@H]1OCC[C@H]1CNCc1nn(C)c(C)c1Cl. The van der Waals surface area contributed by atoms with Crippen molar-refractivity contribution in [2.75, 3.05) is 13.2 Å². The van der Waals surface area contributed by atoms with Gasteiger partial charge in [-0.05, 0) is 26.3 Å². The van der Waals surface area contributed by atoms with E-state index in [-0.39, 0.29) is 6.10 Å². The zero-order valence-corrected chi connectivity index (χ0v) is 14.7. The Bertz CT molecular complexity index is 665. The number of nitrogens with one attached hydrogen (secondary N) is 1. The van der Waals surface area contributed by atoms with E-state index in [1.807, 2.05) is 29.5 Å². The smallest absolute Gasteiger partial charge is 0.103 e. The lowest BCUT2D eigenvalue weighted by Crippen LogP contribution is -2.26. The second-order valence-electron chi connectivity index (χ2n) is 6.01. The molecule has 0 radical (unpaired) electrons. The van der Waals surface area contributed by atoms with Gasteiger partial charge >= 0.3 is 0 Å². The molecule has 1 aliphatic rings. The molecule has 23 heavy (non-hydrogen) atoms. The Hall–Kier alpha value is -1.37. The first-order valence-electron chi connectivity index (χ1n) is 8.13. The molecule has 3 rings (SSSR count). The van der Waals surface area contributed by atoms with Crippen LogP contribution in [0.1, 0.15) is 36.5 Å². The first-order valence-corrected chi connectivity index (χ1v) is 8.51. The third-order valence-corrected chi connectivity index (χ3v) is 5.07. The summed E-state index contributed by atoms with van der Waals surface area (Å²) in [6.45, 7) is 7.30. The van der Waals surface area contributed by atoms with Gasteiger partial charge in [0.25, 0.3) is 0 Å². The number of aryl methyl sites for hydroxylation is 2. The first-order chi connectivity index (χ1) is 11.1. The summed E-state index contributed by atoms with van der Waals surface area (Å²) < 4.78 is 9.79. The largest absolute Gasteiger partial charge is 0.372 e. The Kier molecular flexibility index (Phi) is 5.04. The molecule has 0 saturated carbocycles. The molecule has 0 unspecified atom stereocenters. The van der Waals surface area contributed by atoms with Gasteiger partial charge in [0.15, 0.2) is 0 Å². The third kappa shape index (κ3) is 3.29. The average molecular weight is 338 g/mol. The summed E-state index contributed by atoms with van der Waals surface area (Å²) in [4.78, 5) is 0. The summed E-state index contributed by atoms with van der Waals surface area (Å²) in [6.07, 6.45) is 3.02. The predicted octanol–water partition coefficient (Wildman–Crippen LogP) is 2.47. The van der Waals surface area contributed by atoms with Gasteiger partial charge in [0.2, 0.25) is 0 Å². The molecule has 0 aromatic carbocycles. The molecule has 126 valence electrons. The molecule has 0 bridgehead atoms. The number of rotatable bonds is 6. The van der Waals surface area contributed by atoms with Gasteiger partial charge in [-0.25, -0.2) is 0 Å². The van der Waals surface area contributed by atoms with E-state index in [1.54, 1.807) is 0 Å². The highest BCUT2D eigenvalue weighted by Crippen LogP contribution is 2.34. The van der Waals surface area contributed by atoms with Gasteiger partial charge in [-0.2, -0.15) is 10.2 Å². The highest BCUT2D eigenvalue weighted by molar-refractivity contribution is 6.31. The maximum absolute atomic E-state index is 6.30. The van der Waals surface area contributed by atoms with Crippen molar-refractivity contribution in [2.45, 2.75) is 39.5 Å². The van der Waals surface area contributed by atoms with Gasteiger partial charge in [0.05, 0.1) is 22.1 Å². The van der Waals surface area contributed by atoms with E-state index in [1.165, 1.54) is 5.69 Å². The molecule has 1 fully saturated rings. The van der Waals surface area contributed by atoms with Crippen LogP contribution in [0.3, 0.4) is 0 Å². The van der Waals surface area contributed by atoms with Crippen molar-refractivity contribution in [3.8, 4) is 0 Å². The summed E-state index contributed by atoms with van der Waals surface area (Å²) in [5.74, 6) is 0.445. The van der Waals surface area contributed by atoms with E-state index >= 15 is 0 Å². The van der Waals surface area contributed by atoms with Crippen molar-refractivity contribution >= 4 is 11.6 Å². The van der Waals surface area contributed by atoms with Crippen LogP contribution in [0.15, 0.2) is 12.3 Å². The second kappa shape index (κ2) is 7.03. The van der Waals surface area contributed by atoms with Crippen molar-refractivity contribution in [3.05, 3.63) is 34.4 Å². The summed E-state index contributed by atoms with van der Waals surface area (Å²) in [7, 11) is 1.91. The summed E-state index contributed by atoms with van der Waals surface area (Å²) in [5, 5.41) is 13.0. The fourth-order valence-corrected chi connectivity index (χ4v) is 3.39. The predicted molar refractivity (Wildman–Crippen MR) is 89.4 cm³/mol. The summed E-state index contributed by atoms with van der Waals surface area (Å²) in [6, 6.07) is 2.06. The van der Waals surface area contributed by atoms with Gasteiger partial charge in [-0.15, -0.1) is 0 Å². The van der Waals surface area contributed by atoms with Gasteiger partial charge in [0.1, 0.15) is 6.10 Å². The molecule has 7 heteroatoms. The maximum atomic E-state index is 6.30. The number of halogens is 1. The second-order valence-corrected chi connectivity index (χ2v) is 6.39. The number of hydrogen-bond donors (Lipinski definition) is 1. The molecule has 0 aliphatic carbocycles. The average Bonchev–Trinajstić information content (AvgIpc) is 3.24. The van der Waals surface area contributed by atoms with Crippen LogP contribution in [0.4, 0.5) is 0 Å². The van der Waals surface area contributed by atoms with E-state index in [0.29, 0.717) is 12.5 Å². The Balaban J connectivity index is 1.60. The number of hydrogen-bond acceptors (Lipinski definition) is 4.